The summed E-state index contributed by atoms with van der Waals surface area (Å²) in [4.78, 5) is 17.7. The van der Waals surface area contributed by atoms with Gasteiger partial charge in [0.05, 0.1) is 13.2 Å². The smallest absolute Gasteiger partial charge is 0.377 e. The zero-order chi connectivity index (χ0) is 20.6. The van der Waals surface area contributed by atoms with Gasteiger partial charge in [0, 0.05) is 30.6 Å². The summed E-state index contributed by atoms with van der Waals surface area (Å²) in [6, 6.07) is 5.18. The number of ether oxygens (including phenoxy) is 1. The lowest BCUT2D eigenvalue weighted by molar-refractivity contribution is -0.193. The number of alkyl halides is 3. The standard InChI is InChI=1S/C19H17F4N3O3/c20-14-3-1-2-13(10-14)15-24-17(29-25-15)18(19(21,22)23)6-7-26(11-18)16(27)12-4-8-28-9-5-12/h1-4,10H,5-9,11H2. The van der Waals surface area contributed by atoms with Gasteiger partial charge in [-0.05, 0) is 18.6 Å². The van der Waals surface area contributed by atoms with Gasteiger partial charge in [0.1, 0.15) is 5.82 Å². The molecule has 1 fully saturated rings. The number of amides is 1. The van der Waals surface area contributed by atoms with E-state index >= 15 is 0 Å². The van der Waals surface area contributed by atoms with Crippen LogP contribution in [0.3, 0.4) is 0 Å². The van der Waals surface area contributed by atoms with Crippen LogP contribution in [0.1, 0.15) is 18.7 Å². The summed E-state index contributed by atoms with van der Waals surface area (Å²) in [6.45, 7) is -0.0804. The zero-order valence-electron chi connectivity index (χ0n) is 15.2. The molecule has 1 amide bonds. The summed E-state index contributed by atoms with van der Waals surface area (Å²) >= 11 is 0. The number of carbonyl (C=O) groups excluding carboxylic acids is 1. The highest BCUT2D eigenvalue weighted by Crippen LogP contribution is 2.47. The van der Waals surface area contributed by atoms with E-state index in [0.717, 1.165) is 11.0 Å². The van der Waals surface area contributed by atoms with E-state index < -0.39 is 42.2 Å². The number of rotatable bonds is 3. The molecule has 0 bridgehead atoms. The largest absolute Gasteiger partial charge is 0.405 e. The molecule has 154 valence electrons. The number of halogens is 4. The minimum Gasteiger partial charge on any atom is -0.377 e. The molecule has 2 aliphatic rings. The molecule has 1 aromatic carbocycles. The maximum absolute atomic E-state index is 14.1. The fourth-order valence-electron chi connectivity index (χ4n) is 3.60. The van der Waals surface area contributed by atoms with E-state index in [1.54, 1.807) is 6.08 Å². The highest BCUT2D eigenvalue weighted by atomic mass is 19.4. The zero-order valence-corrected chi connectivity index (χ0v) is 15.2. The van der Waals surface area contributed by atoms with Gasteiger partial charge >= 0.3 is 6.18 Å². The summed E-state index contributed by atoms with van der Waals surface area (Å²) in [5.74, 6) is -1.77. The highest BCUT2D eigenvalue weighted by molar-refractivity contribution is 5.93. The van der Waals surface area contributed by atoms with Crippen molar-refractivity contribution in [1.82, 2.24) is 15.0 Å². The molecular formula is C19H17F4N3O3. The Bertz CT molecular complexity index is 956. The molecule has 1 saturated heterocycles. The number of hydrogen-bond acceptors (Lipinski definition) is 5. The molecule has 2 aromatic rings. The van der Waals surface area contributed by atoms with E-state index in [-0.39, 0.29) is 24.5 Å². The van der Waals surface area contributed by atoms with Gasteiger partial charge in [-0.2, -0.15) is 18.2 Å². The van der Waals surface area contributed by atoms with Gasteiger partial charge in [-0.15, -0.1) is 0 Å². The fraction of sp³-hybridized carbons (Fsp3) is 0.421. The van der Waals surface area contributed by atoms with Crippen molar-refractivity contribution in [2.45, 2.75) is 24.4 Å². The molecule has 0 spiro atoms. The molecule has 0 radical (unpaired) electrons. The Labute approximate surface area is 163 Å². The van der Waals surface area contributed by atoms with E-state index in [2.05, 4.69) is 10.1 Å². The Morgan fingerprint density at radius 2 is 2.10 bits per heavy atom. The third-order valence-corrected chi connectivity index (χ3v) is 5.26. The first-order valence-electron chi connectivity index (χ1n) is 9.03. The number of carbonyl (C=O) groups is 1. The molecule has 29 heavy (non-hydrogen) atoms. The van der Waals surface area contributed by atoms with Crippen molar-refractivity contribution in [3.8, 4) is 11.4 Å². The van der Waals surface area contributed by atoms with Crippen molar-refractivity contribution in [1.29, 1.82) is 0 Å². The third-order valence-electron chi connectivity index (χ3n) is 5.26. The minimum atomic E-state index is -4.71. The summed E-state index contributed by atoms with van der Waals surface area (Å²) in [7, 11) is 0. The van der Waals surface area contributed by atoms with Crippen molar-refractivity contribution in [2.24, 2.45) is 0 Å². The Balaban J connectivity index is 1.64. The van der Waals surface area contributed by atoms with Gasteiger partial charge in [-0.25, -0.2) is 4.39 Å². The number of hydrogen-bond donors (Lipinski definition) is 0. The van der Waals surface area contributed by atoms with Crippen molar-refractivity contribution in [3.63, 3.8) is 0 Å². The Morgan fingerprint density at radius 3 is 2.79 bits per heavy atom. The van der Waals surface area contributed by atoms with Gasteiger partial charge in [-0.1, -0.05) is 23.4 Å². The average Bonchev–Trinajstić information content (AvgIpc) is 3.36. The normalized spacial score (nSPS) is 22.6. The molecule has 1 aromatic heterocycles. The Morgan fingerprint density at radius 1 is 1.28 bits per heavy atom. The summed E-state index contributed by atoms with van der Waals surface area (Å²) < 4.78 is 65.8. The van der Waals surface area contributed by atoms with E-state index in [0.29, 0.717) is 18.6 Å². The van der Waals surface area contributed by atoms with E-state index in [1.807, 2.05) is 0 Å². The van der Waals surface area contributed by atoms with Crippen LogP contribution < -0.4 is 0 Å². The maximum Gasteiger partial charge on any atom is 0.405 e. The van der Waals surface area contributed by atoms with Gasteiger partial charge < -0.3 is 14.2 Å². The van der Waals surface area contributed by atoms with Crippen LogP contribution in [0, 0.1) is 5.82 Å². The quantitative estimate of drug-likeness (QED) is 0.726. The molecule has 3 heterocycles. The van der Waals surface area contributed by atoms with Crippen LogP contribution in [0.25, 0.3) is 11.4 Å². The van der Waals surface area contributed by atoms with Crippen LogP contribution >= 0.6 is 0 Å². The summed E-state index contributed by atoms with van der Waals surface area (Å²) in [5, 5.41) is 3.61. The predicted molar refractivity (Wildman–Crippen MR) is 92.1 cm³/mol. The first kappa shape index (κ1) is 19.6. The SMILES string of the molecule is O=C(C1=CCOCC1)N1CCC(c2nc(-c3cccc(F)c3)no2)(C(F)(F)F)C1. The molecule has 2 aliphatic heterocycles. The number of benzene rings is 1. The first-order chi connectivity index (χ1) is 13.8. The van der Waals surface area contributed by atoms with Crippen molar-refractivity contribution in [2.75, 3.05) is 26.3 Å². The predicted octanol–water partition coefficient (Wildman–Crippen LogP) is 3.25. The summed E-state index contributed by atoms with van der Waals surface area (Å²) in [5.41, 5.74) is -1.82. The lowest BCUT2D eigenvalue weighted by atomic mass is 9.86. The van der Waals surface area contributed by atoms with Crippen molar-refractivity contribution in [3.05, 3.63) is 47.6 Å². The monoisotopic (exact) mass is 411 g/mol. The molecular weight excluding hydrogens is 394 g/mol. The number of aromatic nitrogens is 2. The Kier molecular flexibility index (Phi) is 4.89. The second-order valence-corrected chi connectivity index (χ2v) is 7.04. The van der Waals surface area contributed by atoms with Crippen molar-refractivity contribution < 1.29 is 31.6 Å². The molecule has 0 aliphatic carbocycles. The van der Waals surface area contributed by atoms with Crippen LogP contribution in [0.15, 0.2) is 40.4 Å². The molecule has 6 nitrogen and oxygen atoms in total. The fourth-order valence-corrected chi connectivity index (χ4v) is 3.60. The van der Waals surface area contributed by atoms with Gasteiger partial charge in [0.15, 0.2) is 5.41 Å². The number of likely N-dealkylation sites (tertiary alicyclic amines) is 1. The van der Waals surface area contributed by atoms with Gasteiger partial charge in [-0.3, -0.25) is 4.79 Å². The minimum absolute atomic E-state index is 0.0891. The molecule has 4 rings (SSSR count). The molecule has 1 unspecified atom stereocenters. The second kappa shape index (κ2) is 7.25. The van der Waals surface area contributed by atoms with Crippen molar-refractivity contribution >= 4 is 5.91 Å². The molecule has 0 N–H and O–H groups in total. The van der Waals surface area contributed by atoms with E-state index in [1.165, 1.54) is 18.2 Å². The average molecular weight is 411 g/mol. The van der Waals surface area contributed by atoms with Gasteiger partial charge in [0.25, 0.3) is 0 Å². The molecule has 1 atom stereocenters. The molecule has 10 heteroatoms. The lowest BCUT2D eigenvalue weighted by Gasteiger charge is -2.28. The summed E-state index contributed by atoms with van der Waals surface area (Å²) in [6.07, 6.45) is -3.15. The maximum atomic E-state index is 14.1. The lowest BCUT2D eigenvalue weighted by Crippen LogP contribution is -2.46. The third kappa shape index (κ3) is 3.52. The van der Waals surface area contributed by atoms with Crippen LogP contribution in [0.2, 0.25) is 0 Å². The van der Waals surface area contributed by atoms with E-state index in [4.69, 9.17) is 9.26 Å². The first-order valence-corrected chi connectivity index (χ1v) is 9.03. The van der Waals surface area contributed by atoms with Crippen LogP contribution in [-0.4, -0.2) is 53.4 Å². The van der Waals surface area contributed by atoms with E-state index in [9.17, 15) is 22.4 Å². The second-order valence-electron chi connectivity index (χ2n) is 7.04. The Hall–Kier alpha value is -2.75. The number of nitrogens with zero attached hydrogens (tertiary/aromatic N) is 3. The molecule has 0 saturated carbocycles. The van der Waals surface area contributed by atoms with Gasteiger partial charge in [0.2, 0.25) is 17.6 Å². The van der Waals surface area contributed by atoms with Crippen LogP contribution in [0.4, 0.5) is 17.6 Å². The van der Waals surface area contributed by atoms with Crippen LogP contribution in [-0.2, 0) is 14.9 Å². The van der Waals surface area contributed by atoms with Crippen LogP contribution in [0.5, 0.6) is 0 Å². The topological polar surface area (TPSA) is 68.5 Å². The highest BCUT2D eigenvalue weighted by Gasteiger charge is 2.63.